The van der Waals surface area contributed by atoms with E-state index in [4.69, 9.17) is 11.6 Å². The van der Waals surface area contributed by atoms with Gasteiger partial charge in [0.1, 0.15) is 5.15 Å². The number of hydrogen-bond donors (Lipinski definition) is 1. The van der Waals surface area contributed by atoms with Gasteiger partial charge in [-0.2, -0.15) is 5.10 Å². The van der Waals surface area contributed by atoms with Crippen molar-refractivity contribution in [2.24, 2.45) is 0 Å². The number of methoxy groups -OCH3 is 1. The minimum absolute atomic E-state index is 0.293. The van der Waals surface area contributed by atoms with Crippen LogP contribution in [0.2, 0.25) is 5.15 Å². The number of aryl methyl sites for hydroxylation is 1. The zero-order chi connectivity index (χ0) is 20.1. The number of esters is 1. The van der Waals surface area contributed by atoms with Gasteiger partial charge in [0.05, 0.1) is 30.5 Å². The molecule has 1 aromatic heterocycles. The number of nitrogens with zero attached hydrogens (tertiary/aromatic N) is 2. The predicted molar refractivity (Wildman–Crippen MR) is 106 cm³/mol. The lowest BCUT2D eigenvalue weighted by Gasteiger charge is -2.07. The Morgan fingerprint density at radius 3 is 2.39 bits per heavy atom. The van der Waals surface area contributed by atoms with E-state index >= 15 is 0 Å². The van der Waals surface area contributed by atoms with Crippen LogP contribution in [0.15, 0.2) is 54.6 Å². The van der Waals surface area contributed by atoms with Crippen molar-refractivity contribution in [3.63, 3.8) is 0 Å². The fourth-order valence-electron chi connectivity index (χ4n) is 2.82. The van der Waals surface area contributed by atoms with Crippen LogP contribution >= 0.6 is 11.6 Å². The molecule has 2 aromatic carbocycles. The highest BCUT2D eigenvalue weighted by molar-refractivity contribution is 6.33. The average Bonchev–Trinajstić information content (AvgIpc) is 2.99. The molecule has 0 aliphatic rings. The van der Waals surface area contributed by atoms with E-state index < -0.39 is 5.97 Å². The summed E-state index contributed by atoms with van der Waals surface area (Å²) >= 11 is 6.42. The second-order valence-corrected chi connectivity index (χ2v) is 6.62. The highest BCUT2D eigenvalue weighted by Gasteiger charge is 2.20. The van der Waals surface area contributed by atoms with Crippen molar-refractivity contribution in [3.8, 4) is 0 Å². The monoisotopic (exact) mass is 397 g/mol. The SMILES string of the molecule is COC(=O)c1ccc(CNC(=O)c2c(C)nn(Cc3ccccc3)c2Cl)cc1. The first-order valence-electron chi connectivity index (χ1n) is 8.72. The van der Waals surface area contributed by atoms with Crippen LogP contribution in [0, 0.1) is 6.92 Å². The molecule has 0 unspecified atom stereocenters. The number of nitrogens with one attached hydrogen (secondary N) is 1. The minimum Gasteiger partial charge on any atom is -0.465 e. The van der Waals surface area contributed by atoms with Crippen molar-refractivity contribution in [2.45, 2.75) is 20.0 Å². The summed E-state index contributed by atoms with van der Waals surface area (Å²) < 4.78 is 6.29. The van der Waals surface area contributed by atoms with E-state index in [1.165, 1.54) is 7.11 Å². The number of aromatic nitrogens is 2. The van der Waals surface area contributed by atoms with Gasteiger partial charge < -0.3 is 10.1 Å². The first kappa shape index (κ1) is 19.6. The predicted octanol–water partition coefficient (Wildman–Crippen LogP) is 3.61. The second kappa shape index (κ2) is 8.71. The largest absolute Gasteiger partial charge is 0.465 e. The summed E-state index contributed by atoms with van der Waals surface area (Å²) in [6, 6.07) is 16.6. The maximum absolute atomic E-state index is 12.6. The normalized spacial score (nSPS) is 10.5. The van der Waals surface area contributed by atoms with Crippen molar-refractivity contribution >= 4 is 23.5 Å². The third-order valence-electron chi connectivity index (χ3n) is 4.30. The Balaban J connectivity index is 1.68. The van der Waals surface area contributed by atoms with Gasteiger partial charge in [-0.05, 0) is 30.2 Å². The van der Waals surface area contributed by atoms with Gasteiger partial charge in [-0.1, -0.05) is 54.1 Å². The van der Waals surface area contributed by atoms with Crippen LogP contribution in [-0.4, -0.2) is 28.8 Å². The lowest BCUT2D eigenvalue weighted by atomic mass is 10.1. The third-order valence-corrected chi connectivity index (χ3v) is 4.68. The zero-order valence-corrected chi connectivity index (χ0v) is 16.4. The molecule has 1 N–H and O–H groups in total. The van der Waals surface area contributed by atoms with Crippen molar-refractivity contribution in [1.82, 2.24) is 15.1 Å². The number of carbonyl (C=O) groups is 2. The Morgan fingerprint density at radius 1 is 1.07 bits per heavy atom. The van der Waals surface area contributed by atoms with Gasteiger partial charge in [-0.3, -0.25) is 4.79 Å². The van der Waals surface area contributed by atoms with Crippen LogP contribution in [0.25, 0.3) is 0 Å². The maximum atomic E-state index is 12.6. The summed E-state index contributed by atoms with van der Waals surface area (Å²) in [5.41, 5.74) is 3.29. The molecule has 7 heteroatoms. The maximum Gasteiger partial charge on any atom is 0.337 e. The number of hydrogen-bond acceptors (Lipinski definition) is 4. The molecular weight excluding hydrogens is 378 g/mol. The highest BCUT2D eigenvalue weighted by atomic mass is 35.5. The third kappa shape index (κ3) is 4.40. The minimum atomic E-state index is -0.399. The Bertz CT molecular complexity index is 982. The summed E-state index contributed by atoms with van der Waals surface area (Å²) in [7, 11) is 1.33. The molecule has 0 radical (unpaired) electrons. The number of ether oxygens (including phenoxy) is 1. The number of carbonyl (C=O) groups excluding carboxylic acids is 2. The Hall–Kier alpha value is -3.12. The first-order chi connectivity index (χ1) is 13.5. The topological polar surface area (TPSA) is 73.2 Å². The van der Waals surface area contributed by atoms with Gasteiger partial charge in [0.2, 0.25) is 0 Å². The van der Waals surface area contributed by atoms with E-state index in [1.54, 1.807) is 35.9 Å². The number of amides is 1. The van der Waals surface area contributed by atoms with Crippen LogP contribution in [0.4, 0.5) is 0 Å². The molecule has 0 saturated carbocycles. The summed E-state index contributed by atoms with van der Waals surface area (Å²) in [4.78, 5) is 24.1. The molecule has 1 heterocycles. The van der Waals surface area contributed by atoms with Gasteiger partial charge >= 0.3 is 5.97 Å². The summed E-state index contributed by atoms with van der Waals surface area (Å²) in [6.07, 6.45) is 0. The number of rotatable bonds is 6. The van der Waals surface area contributed by atoms with Crippen LogP contribution in [-0.2, 0) is 17.8 Å². The van der Waals surface area contributed by atoms with E-state index in [9.17, 15) is 9.59 Å². The molecule has 0 spiro atoms. The molecule has 3 rings (SSSR count). The van der Waals surface area contributed by atoms with Crippen molar-refractivity contribution in [1.29, 1.82) is 0 Å². The average molecular weight is 398 g/mol. The van der Waals surface area contributed by atoms with Crippen molar-refractivity contribution in [3.05, 3.63) is 87.7 Å². The standard InChI is InChI=1S/C21H20ClN3O3/c1-14-18(19(22)25(24-14)13-16-6-4-3-5-7-16)20(26)23-12-15-8-10-17(11-9-15)21(27)28-2/h3-11H,12-13H2,1-2H3,(H,23,26). The van der Waals surface area contributed by atoms with E-state index in [0.717, 1.165) is 11.1 Å². The molecule has 0 aliphatic carbocycles. The number of benzene rings is 2. The molecule has 1 amide bonds. The summed E-state index contributed by atoms with van der Waals surface area (Å²) in [5, 5.41) is 7.54. The zero-order valence-electron chi connectivity index (χ0n) is 15.6. The van der Waals surface area contributed by atoms with E-state index in [2.05, 4.69) is 15.2 Å². The van der Waals surface area contributed by atoms with Gasteiger partial charge in [0.25, 0.3) is 5.91 Å². The van der Waals surface area contributed by atoms with Crippen LogP contribution in [0.5, 0.6) is 0 Å². The Kier molecular flexibility index (Phi) is 6.11. The lowest BCUT2D eigenvalue weighted by molar-refractivity contribution is 0.0600. The molecule has 0 bridgehead atoms. The Labute approximate surface area is 168 Å². The summed E-state index contributed by atoms with van der Waals surface area (Å²) in [6.45, 7) is 2.55. The van der Waals surface area contributed by atoms with E-state index in [0.29, 0.717) is 35.1 Å². The van der Waals surface area contributed by atoms with Crippen LogP contribution < -0.4 is 5.32 Å². The quantitative estimate of drug-likeness (QED) is 0.645. The van der Waals surface area contributed by atoms with Crippen LogP contribution in [0.1, 0.15) is 37.5 Å². The molecule has 6 nitrogen and oxygen atoms in total. The van der Waals surface area contributed by atoms with Gasteiger partial charge in [-0.25, -0.2) is 9.48 Å². The van der Waals surface area contributed by atoms with Gasteiger partial charge in [-0.15, -0.1) is 0 Å². The lowest BCUT2D eigenvalue weighted by Crippen LogP contribution is -2.23. The Morgan fingerprint density at radius 2 is 1.75 bits per heavy atom. The van der Waals surface area contributed by atoms with Crippen molar-refractivity contribution < 1.29 is 14.3 Å². The molecule has 3 aromatic rings. The molecule has 144 valence electrons. The molecule has 28 heavy (non-hydrogen) atoms. The summed E-state index contributed by atoms with van der Waals surface area (Å²) in [5.74, 6) is -0.692. The van der Waals surface area contributed by atoms with Crippen LogP contribution in [0.3, 0.4) is 0 Å². The molecular formula is C21H20ClN3O3. The van der Waals surface area contributed by atoms with E-state index in [-0.39, 0.29) is 5.91 Å². The van der Waals surface area contributed by atoms with Gasteiger partial charge in [0.15, 0.2) is 0 Å². The van der Waals surface area contributed by atoms with Gasteiger partial charge in [0, 0.05) is 6.54 Å². The van der Waals surface area contributed by atoms with E-state index in [1.807, 2.05) is 30.3 Å². The fraction of sp³-hybridized carbons (Fsp3) is 0.190. The second-order valence-electron chi connectivity index (χ2n) is 6.27. The fourth-order valence-corrected chi connectivity index (χ4v) is 3.14. The smallest absolute Gasteiger partial charge is 0.337 e. The molecule has 0 aliphatic heterocycles. The highest BCUT2D eigenvalue weighted by Crippen LogP contribution is 2.21. The molecule has 0 fully saturated rings. The number of halogens is 1. The first-order valence-corrected chi connectivity index (χ1v) is 9.09. The van der Waals surface area contributed by atoms with Crippen molar-refractivity contribution in [2.75, 3.05) is 7.11 Å². The molecule has 0 atom stereocenters. The molecule has 0 saturated heterocycles.